The number of carbonyl (C=O) groups is 2. The fraction of sp³-hybridized carbons (Fsp3) is 0.613. The van der Waals surface area contributed by atoms with Crippen LogP contribution in [0.4, 0.5) is 0 Å². The Balaban J connectivity index is 4.23. The van der Waals surface area contributed by atoms with Crippen LogP contribution in [0.3, 0.4) is 0 Å². The van der Waals surface area contributed by atoms with E-state index in [2.05, 4.69) is 141 Å². The first-order chi connectivity index (χ1) is 35.0. The summed E-state index contributed by atoms with van der Waals surface area (Å²) in [6.07, 6.45) is 75.0. The maximum absolute atomic E-state index is 12.8. The van der Waals surface area contributed by atoms with Crippen LogP contribution in [0.25, 0.3) is 0 Å². The van der Waals surface area contributed by atoms with Crippen molar-refractivity contribution in [2.45, 2.75) is 200 Å². The molecule has 0 bridgehead atoms. The molecule has 10 heteroatoms. The smallest absolute Gasteiger partial charge is 0.306 e. The molecule has 0 aliphatic rings. The number of hydrogen-bond donors (Lipinski definition) is 0. The highest BCUT2D eigenvalue weighted by atomic mass is 31.2. The lowest BCUT2D eigenvalue weighted by Gasteiger charge is -2.28. The molecule has 0 N–H and O–H groups in total. The van der Waals surface area contributed by atoms with Gasteiger partial charge < -0.3 is 27.9 Å². The van der Waals surface area contributed by atoms with Crippen molar-refractivity contribution in [3.8, 4) is 0 Å². The molecule has 0 amide bonds. The molecule has 0 saturated carbocycles. The molecule has 2 unspecified atom stereocenters. The van der Waals surface area contributed by atoms with Crippen molar-refractivity contribution in [3.05, 3.63) is 134 Å². The Morgan fingerprint density at radius 2 is 0.764 bits per heavy atom. The van der Waals surface area contributed by atoms with Gasteiger partial charge in [0.15, 0.2) is 6.10 Å². The number of phosphoric ester groups is 1. The minimum atomic E-state index is -4.66. The largest absolute Gasteiger partial charge is 0.756 e. The van der Waals surface area contributed by atoms with E-state index in [-0.39, 0.29) is 26.1 Å². The summed E-state index contributed by atoms with van der Waals surface area (Å²) in [6, 6.07) is 0. The lowest BCUT2D eigenvalue weighted by atomic mass is 10.0. The van der Waals surface area contributed by atoms with Crippen molar-refractivity contribution in [1.82, 2.24) is 0 Å². The maximum Gasteiger partial charge on any atom is 0.306 e. The van der Waals surface area contributed by atoms with Crippen molar-refractivity contribution in [2.75, 3.05) is 47.5 Å². The average molecular weight is 1020 g/mol. The van der Waals surface area contributed by atoms with E-state index in [4.69, 9.17) is 18.5 Å². The van der Waals surface area contributed by atoms with Crippen LogP contribution in [-0.4, -0.2) is 70.0 Å². The third kappa shape index (κ3) is 55.5. The number of phosphoric acid groups is 1. The highest BCUT2D eigenvalue weighted by molar-refractivity contribution is 7.45. The Kier molecular flexibility index (Phi) is 49.2. The third-order valence-corrected chi connectivity index (χ3v) is 12.1. The Hall–Kier alpha value is -3.85. The molecule has 0 aliphatic heterocycles. The van der Waals surface area contributed by atoms with Crippen molar-refractivity contribution in [3.63, 3.8) is 0 Å². The van der Waals surface area contributed by atoms with Gasteiger partial charge in [0.05, 0.1) is 27.7 Å². The fourth-order valence-electron chi connectivity index (χ4n) is 6.93. The second-order valence-electron chi connectivity index (χ2n) is 19.2. The molecule has 0 aromatic carbocycles. The molecule has 2 atom stereocenters. The summed E-state index contributed by atoms with van der Waals surface area (Å²) in [7, 11) is 1.11. The monoisotopic (exact) mass is 1020 g/mol. The summed E-state index contributed by atoms with van der Waals surface area (Å²) in [5, 5.41) is 0. The molecule has 0 spiro atoms. The summed E-state index contributed by atoms with van der Waals surface area (Å²) in [5.41, 5.74) is 0. The molecule has 0 aromatic rings. The van der Waals surface area contributed by atoms with Gasteiger partial charge in [-0.15, -0.1) is 0 Å². The van der Waals surface area contributed by atoms with E-state index in [0.717, 1.165) is 96.3 Å². The number of rotatable bonds is 49. The molecule has 0 heterocycles. The minimum Gasteiger partial charge on any atom is -0.756 e. The summed E-state index contributed by atoms with van der Waals surface area (Å²) in [4.78, 5) is 37.8. The van der Waals surface area contributed by atoms with Gasteiger partial charge in [0, 0.05) is 12.8 Å². The van der Waals surface area contributed by atoms with E-state index in [1.165, 1.54) is 57.8 Å². The molecule has 408 valence electrons. The van der Waals surface area contributed by atoms with Crippen LogP contribution in [-0.2, 0) is 32.7 Å². The SMILES string of the molecule is CC/C=C\C/C=C\C/C=C\C/C=C\C/C=C\C/C=C\CCCCCCCCCCCCCCC(=O)OC(COC(=O)CCC/C=C\C/C=C\C/C=C\C/C=C\C/C=C\CC)COP(=O)([O-])OCC[N+](C)(C)C. The summed E-state index contributed by atoms with van der Waals surface area (Å²) < 4.78 is 34.0. The lowest BCUT2D eigenvalue weighted by molar-refractivity contribution is -0.870. The minimum absolute atomic E-state index is 0.0472. The van der Waals surface area contributed by atoms with Gasteiger partial charge in [-0.2, -0.15) is 0 Å². The molecular weight excluding hydrogens is 918 g/mol. The number of hydrogen-bond acceptors (Lipinski definition) is 8. The average Bonchev–Trinajstić information content (AvgIpc) is 3.34. The zero-order valence-electron chi connectivity index (χ0n) is 46.1. The first-order valence-corrected chi connectivity index (χ1v) is 29.4. The predicted octanol–water partition coefficient (Wildman–Crippen LogP) is 16.7. The standard InChI is InChI=1S/C62H102NO8P/c1-6-8-10-12-14-16-18-20-22-24-25-26-27-28-29-30-31-32-33-34-35-36-37-39-41-43-45-47-49-51-53-55-62(65)71-60(59-70-72(66,67)69-57-56-63(3,4)5)58-68-61(64)54-52-50-48-46-44-42-40-38-23-21-19-17-15-13-11-9-7-2/h8-11,14-17,20-23,25-26,28-29,31-32,40,42,46,48,60H,6-7,12-13,18-19,24,27,30,33-39,41,43-45,47,49-59H2,1-5H3/b10-8-,11-9-,16-14-,17-15-,22-20-,23-21-,26-25-,29-28-,32-31-,42-40-,48-46-. The molecule has 0 fully saturated rings. The zero-order chi connectivity index (χ0) is 52.7. The second kappa shape index (κ2) is 52.0. The molecule has 0 aromatic heterocycles. The molecule has 0 saturated heterocycles. The van der Waals surface area contributed by atoms with Gasteiger partial charge in [0.1, 0.15) is 19.8 Å². The number of nitrogens with zero attached hydrogens (tertiary/aromatic N) is 1. The first-order valence-electron chi connectivity index (χ1n) is 27.9. The van der Waals surface area contributed by atoms with Gasteiger partial charge in [-0.1, -0.05) is 212 Å². The van der Waals surface area contributed by atoms with Gasteiger partial charge in [0.2, 0.25) is 0 Å². The number of ether oxygens (including phenoxy) is 2. The normalized spacial score (nSPS) is 14.4. The molecule has 0 aliphatic carbocycles. The van der Waals surface area contributed by atoms with Gasteiger partial charge >= 0.3 is 11.9 Å². The van der Waals surface area contributed by atoms with Crippen LogP contribution in [0.15, 0.2) is 134 Å². The van der Waals surface area contributed by atoms with E-state index in [9.17, 15) is 19.0 Å². The number of unbranched alkanes of at least 4 members (excludes halogenated alkanes) is 13. The Morgan fingerprint density at radius 3 is 1.15 bits per heavy atom. The van der Waals surface area contributed by atoms with E-state index in [1.807, 2.05) is 27.2 Å². The highest BCUT2D eigenvalue weighted by Crippen LogP contribution is 2.38. The van der Waals surface area contributed by atoms with Gasteiger partial charge in [-0.05, 0) is 103 Å². The Bertz CT molecular complexity index is 1670. The molecule has 0 rings (SSSR count). The van der Waals surface area contributed by atoms with Crippen LogP contribution in [0.5, 0.6) is 0 Å². The van der Waals surface area contributed by atoms with Crippen molar-refractivity contribution in [1.29, 1.82) is 0 Å². The Morgan fingerprint density at radius 1 is 0.431 bits per heavy atom. The zero-order valence-corrected chi connectivity index (χ0v) is 47.0. The second-order valence-corrected chi connectivity index (χ2v) is 20.6. The summed E-state index contributed by atoms with van der Waals surface area (Å²) in [6.45, 7) is 3.92. The summed E-state index contributed by atoms with van der Waals surface area (Å²) in [5.74, 6) is -0.914. The number of esters is 2. The maximum atomic E-state index is 12.8. The van der Waals surface area contributed by atoms with Crippen molar-refractivity contribution < 1.29 is 42.1 Å². The van der Waals surface area contributed by atoms with Gasteiger partial charge in [-0.3, -0.25) is 14.2 Å². The molecule has 72 heavy (non-hydrogen) atoms. The number of quaternary nitrogens is 1. The lowest BCUT2D eigenvalue weighted by Crippen LogP contribution is -2.37. The molecule has 0 radical (unpaired) electrons. The third-order valence-electron chi connectivity index (χ3n) is 11.2. The number of allylic oxidation sites excluding steroid dienone is 22. The van der Waals surface area contributed by atoms with E-state index in [0.29, 0.717) is 23.9 Å². The van der Waals surface area contributed by atoms with E-state index >= 15 is 0 Å². The van der Waals surface area contributed by atoms with Gasteiger partial charge in [0.25, 0.3) is 7.82 Å². The fourth-order valence-corrected chi connectivity index (χ4v) is 7.66. The molecule has 9 nitrogen and oxygen atoms in total. The quantitative estimate of drug-likeness (QED) is 0.0195. The van der Waals surface area contributed by atoms with Crippen LogP contribution in [0.1, 0.15) is 194 Å². The summed E-state index contributed by atoms with van der Waals surface area (Å²) >= 11 is 0. The van der Waals surface area contributed by atoms with Crippen molar-refractivity contribution in [2.24, 2.45) is 0 Å². The van der Waals surface area contributed by atoms with Gasteiger partial charge in [-0.25, -0.2) is 0 Å². The van der Waals surface area contributed by atoms with Crippen LogP contribution >= 0.6 is 7.82 Å². The molecular formula is C62H102NO8P. The topological polar surface area (TPSA) is 111 Å². The van der Waals surface area contributed by atoms with Crippen LogP contribution in [0.2, 0.25) is 0 Å². The van der Waals surface area contributed by atoms with E-state index < -0.39 is 32.5 Å². The van der Waals surface area contributed by atoms with Crippen LogP contribution < -0.4 is 4.89 Å². The van der Waals surface area contributed by atoms with Crippen molar-refractivity contribution >= 4 is 19.8 Å². The number of likely N-dealkylation sites (N-methyl/N-ethyl adjacent to an activating group) is 1. The number of carbonyl (C=O) groups excluding carboxylic acids is 2. The van der Waals surface area contributed by atoms with E-state index in [1.54, 1.807) is 0 Å². The van der Waals surface area contributed by atoms with Crippen LogP contribution in [0, 0.1) is 0 Å². The Labute approximate surface area is 441 Å². The highest BCUT2D eigenvalue weighted by Gasteiger charge is 2.21. The first kappa shape index (κ1) is 68.2. The predicted molar refractivity (Wildman–Crippen MR) is 304 cm³/mol.